The van der Waals surface area contributed by atoms with Gasteiger partial charge in [0.05, 0.1) is 38.6 Å². The summed E-state index contributed by atoms with van der Waals surface area (Å²) in [4.78, 5) is 13.4. The maximum atomic E-state index is 13.4. The van der Waals surface area contributed by atoms with Crippen LogP contribution in [0.5, 0.6) is 0 Å². The third-order valence-corrected chi connectivity index (χ3v) is 18.1. The highest BCUT2D eigenvalue weighted by Crippen LogP contribution is 2.33. The molecule has 91 heavy (non-hydrogen) atoms. The molecule has 532 valence electrons. The molecule has 0 aromatic carbocycles. The molecule has 3 saturated heterocycles. The summed E-state index contributed by atoms with van der Waals surface area (Å²) in [6.45, 7) is 1.70. The lowest BCUT2D eigenvalue weighted by molar-refractivity contribution is -0.379. The molecule has 3 fully saturated rings. The smallest absolute Gasteiger partial charge is 0.220 e. The first-order valence-electron chi connectivity index (χ1n) is 36.4. The minimum absolute atomic E-state index is 0.221. The zero-order valence-corrected chi connectivity index (χ0v) is 56.3. The lowest BCUT2D eigenvalue weighted by atomic mass is 9.96. The van der Waals surface area contributed by atoms with Crippen molar-refractivity contribution in [1.82, 2.24) is 5.32 Å². The highest BCUT2D eigenvalue weighted by molar-refractivity contribution is 5.76. The molecule has 19 heteroatoms. The van der Waals surface area contributed by atoms with E-state index in [-0.39, 0.29) is 18.9 Å². The Balaban J connectivity index is 1.40. The fourth-order valence-electron chi connectivity index (χ4n) is 12.2. The molecule has 3 aliphatic rings. The number of hydrogen-bond donors (Lipinski definition) is 12. The maximum Gasteiger partial charge on any atom is 0.220 e. The molecule has 0 radical (unpaired) electrons. The summed E-state index contributed by atoms with van der Waals surface area (Å²) in [6.07, 6.45) is 38.3. The van der Waals surface area contributed by atoms with Crippen LogP contribution >= 0.6 is 0 Å². The van der Waals surface area contributed by atoms with Crippen molar-refractivity contribution in [3.8, 4) is 0 Å². The van der Waals surface area contributed by atoms with Crippen LogP contribution in [-0.2, 0) is 33.2 Å². The number of carbonyl (C=O) groups is 1. The van der Waals surface area contributed by atoms with E-state index in [1.54, 1.807) is 6.08 Å². The Bertz CT molecular complexity index is 1840. The van der Waals surface area contributed by atoms with E-state index in [4.69, 9.17) is 28.4 Å². The molecule has 12 N–H and O–H groups in total. The molecular formula is C72H131NO18. The van der Waals surface area contributed by atoms with E-state index < -0.39 is 124 Å². The number of amides is 1. The van der Waals surface area contributed by atoms with Gasteiger partial charge in [-0.3, -0.25) is 4.79 Å². The number of rotatable bonds is 56. The van der Waals surface area contributed by atoms with E-state index in [1.807, 2.05) is 6.08 Å². The van der Waals surface area contributed by atoms with Crippen molar-refractivity contribution in [2.24, 2.45) is 0 Å². The van der Waals surface area contributed by atoms with Crippen LogP contribution in [0.2, 0.25) is 0 Å². The summed E-state index contributed by atoms with van der Waals surface area (Å²) < 4.78 is 34.3. The Morgan fingerprint density at radius 1 is 0.385 bits per heavy atom. The van der Waals surface area contributed by atoms with Crippen LogP contribution in [0, 0.1) is 0 Å². The number of hydrogen-bond acceptors (Lipinski definition) is 18. The van der Waals surface area contributed by atoms with Crippen molar-refractivity contribution >= 4 is 5.91 Å². The van der Waals surface area contributed by atoms with E-state index in [0.717, 1.165) is 64.2 Å². The Hall–Kier alpha value is -2.25. The molecule has 3 aliphatic heterocycles. The summed E-state index contributed by atoms with van der Waals surface area (Å²) in [5.74, 6) is -0.298. The van der Waals surface area contributed by atoms with Crippen molar-refractivity contribution in [3.63, 3.8) is 0 Å². The predicted octanol–water partition coefficient (Wildman–Crippen LogP) is 10.2. The number of allylic oxidation sites excluding steroid dienone is 7. The van der Waals surface area contributed by atoms with E-state index in [2.05, 4.69) is 55.6 Å². The highest BCUT2D eigenvalue weighted by Gasteiger charge is 2.53. The number of aliphatic hydroxyl groups excluding tert-OH is 11. The van der Waals surface area contributed by atoms with Crippen LogP contribution in [0.15, 0.2) is 48.6 Å². The average molecular weight is 1300 g/mol. The predicted molar refractivity (Wildman–Crippen MR) is 356 cm³/mol. The second-order valence-corrected chi connectivity index (χ2v) is 26.0. The summed E-state index contributed by atoms with van der Waals surface area (Å²) in [5, 5.41) is 120. The largest absolute Gasteiger partial charge is 0.394 e. The standard InChI is InChI=1S/C72H131NO18/c1-3-5-7-9-11-13-15-17-19-20-21-22-23-24-25-26-27-28-29-30-31-32-33-34-35-36-37-39-41-43-45-47-49-56(77)55(73-60(78)50-48-46-44-42-40-38-18-16-14-12-10-8-6-4-2)54-86-70-66(84)63(81)68(58(52-75)88-70)91-72-67(85)64(82)69(59(53-76)89-72)90-71-65(83)62(80)61(79)57(51-74)87-71/h16,18,34-35,39,41,47,49,55-59,61-72,74-77,79-85H,3-15,17,19-33,36-38,40,42-46,48,50-54H2,1-2H3,(H,73,78)/b18-16-,35-34+,41-39+,49-47+. The normalized spacial score (nSPS) is 28.1. The monoisotopic (exact) mass is 1300 g/mol. The van der Waals surface area contributed by atoms with Crippen LogP contribution < -0.4 is 5.32 Å². The highest BCUT2D eigenvalue weighted by atomic mass is 16.8. The third-order valence-electron chi connectivity index (χ3n) is 18.1. The van der Waals surface area contributed by atoms with Crippen molar-refractivity contribution in [2.45, 2.75) is 375 Å². The van der Waals surface area contributed by atoms with Crippen molar-refractivity contribution in [1.29, 1.82) is 0 Å². The van der Waals surface area contributed by atoms with Gasteiger partial charge in [-0.05, 0) is 70.6 Å². The number of unbranched alkanes of at least 4 members (excludes halogenated alkanes) is 34. The molecule has 17 unspecified atom stereocenters. The summed E-state index contributed by atoms with van der Waals surface area (Å²) >= 11 is 0. The molecule has 0 aliphatic carbocycles. The van der Waals surface area contributed by atoms with Gasteiger partial charge in [0.25, 0.3) is 0 Å². The molecule has 3 heterocycles. The summed E-state index contributed by atoms with van der Waals surface area (Å²) in [6, 6.07) is -1.00. The van der Waals surface area contributed by atoms with Crippen molar-refractivity contribution < 1.29 is 89.4 Å². The first-order chi connectivity index (χ1) is 44.3. The number of nitrogens with one attached hydrogen (secondary N) is 1. The van der Waals surface area contributed by atoms with Gasteiger partial charge in [0.2, 0.25) is 5.91 Å². The van der Waals surface area contributed by atoms with Gasteiger partial charge < -0.3 is 89.9 Å². The van der Waals surface area contributed by atoms with E-state index in [9.17, 15) is 61.0 Å². The van der Waals surface area contributed by atoms with Gasteiger partial charge in [-0.2, -0.15) is 0 Å². The van der Waals surface area contributed by atoms with Gasteiger partial charge in [-0.1, -0.05) is 242 Å². The molecular weight excluding hydrogens is 1170 g/mol. The fourth-order valence-corrected chi connectivity index (χ4v) is 12.2. The first-order valence-corrected chi connectivity index (χ1v) is 36.4. The van der Waals surface area contributed by atoms with E-state index in [1.165, 1.54) is 173 Å². The summed E-state index contributed by atoms with van der Waals surface area (Å²) in [5.41, 5.74) is 0. The van der Waals surface area contributed by atoms with Crippen LogP contribution in [0.4, 0.5) is 0 Å². The van der Waals surface area contributed by atoms with Crippen LogP contribution in [0.1, 0.15) is 271 Å². The molecule has 0 aromatic rings. The Morgan fingerprint density at radius 3 is 1.10 bits per heavy atom. The first kappa shape index (κ1) is 83.0. The van der Waals surface area contributed by atoms with Crippen molar-refractivity contribution in [3.05, 3.63) is 48.6 Å². The van der Waals surface area contributed by atoms with Gasteiger partial charge in [0.15, 0.2) is 18.9 Å². The Labute approximate surface area is 548 Å². The minimum atomic E-state index is -1.98. The van der Waals surface area contributed by atoms with Gasteiger partial charge in [0, 0.05) is 6.42 Å². The van der Waals surface area contributed by atoms with Gasteiger partial charge >= 0.3 is 0 Å². The lowest BCUT2D eigenvalue weighted by Crippen LogP contribution is -2.66. The second-order valence-electron chi connectivity index (χ2n) is 26.0. The molecule has 3 rings (SSSR count). The minimum Gasteiger partial charge on any atom is -0.394 e. The molecule has 0 aromatic heterocycles. The zero-order chi connectivity index (χ0) is 66.1. The van der Waals surface area contributed by atoms with E-state index in [0.29, 0.717) is 12.8 Å². The fraction of sp³-hybridized carbons (Fsp3) is 0.875. The van der Waals surface area contributed by atoms with Gasteiger partial charge in [-0.15, -0.1) is 0 Å². The topological polar surface area (TPSA) is 307 Å². The Morgan fingerprint density at radius 2 is 0.703 bits per heavy atom. The molecule has 0 saturated carbocycles. The number of carbonyl (C=O) groups excluding carboxylic acids is 1. The van der Waals surface area contributed by atoms with Gasteiger partial charge in [0.1, 0.15) is 73.2 Å². The van der Waals surface area contributed by atoms with Gasteiger partial charge in [-0.25, -0.2) is 0 Å². The van der Waals surface area contributed by atoms with Crippen LogP contribution in [0.3, 0.4) is 0 Å². The molecule has 1 amide bonds. The number of ether oxygens (including phenoxy) is 6. The lowest BCUT2D eigenvalue weighted by Gasteiger charge is -2.48. The van der Waals surface area contributed by atoms with Crippen LogP contribution in [0.25, 0.3) is 0 Å². The summed E-state index contributed by atoms with van der Waals surface area (Å²) in [7, 11) is 0. The molecule has 0 bridgehead atoms. The third kappa shape index (κ3) is 35.5. The van der Waals surface area contributed by atoms with Crippen molar-refractivity contribution in [2.75, 3.05) is 26.4 Å². The quantitative estimate of drug-likeness (QED) is 0.0199. The van der Waals surface area contributed by atoms with Crippen LogP contribution in [-0.4, -0.2) is 193 Å². The molecule has 17 atom stereocenters. The Kier molecular flexibility index (Phi) is 49.1. The second kappa shape index (κ2) is 53.8. The average Bonchev–Trinajstić information content (AvgIpc) is 0.850. The zero-order valence-electron chi connectivity index (χ0n) is 56.3. The molecule has 19 nitrogen and oxygen atoms in total. The maximum absolute atomic E-state index is 13.4. The SMILES string of the molecule is CCCCCCC/C=C\CCCCCCCC(=O)NC(COC1OC(CO)C(OC2OC(CO)C(OC3OC(CO)C(O)C(O)C3O)C(O)C2O)C(O)C1O)C(O)/C=C/CC/C=C/CC/C=C/CCCCCCCCCCCCCCCCCCCCCCCC. The molecule has 0 spiro atoms. The number of aliphatic hydroxyl groups is 11. The van der Waals surface area contributed by atoms with E-state index >= 15 is 0 Å².